The van der Waals surface area contributed by atoms with Gasteiger partial charge in [0.1, 0.15) is 0 Å². The predicted molar refractivity (Wildman–Crippen MR) is 59.3 cm³/mol. The molecule has 1 heterocycles. The normalized spacial score (nSPS) is 12.5. The molecule has 0 bridgehead atoms. The van der Waals surface area contributed by atoms with Crippen LogP contribution in [0, 0.1) is 10.1 Å². The number of hydrogen-bond donors (Lipinski definition) is 4. The van der Waals surface area contributed by atoms with Gasteiger partial charge in [-0.05, 0) is 6.92 Å². The Morgan fingerprint density at radius 1 is 1.76 bits per heavy atom. The molecule has 0 aliphatic heterocycles. The minimum atomic E-state index is -0.960. The first-order valence-electron chi connectivity index (χ1n) is 4.44. The van der Waals surface area contributed by atoms with E-state index in [1.54, 1.807) is 6.92 Å². The van der Waals surface area contributed by atoms with Crippen LogP contribution in [-0.2, 0) is 0 Å². The van der Waals surface area contributed by atoms with E-state index in [-0.39, 0.29) is 11.8 Å². The molecule has 0 radical (unpaired) electrons. The maximum Gasteiger partial charge on any atom is 0.375 e. The van der Waals surface area contributed by atoms with Crippen molar-refractivity contribution in [1.82, 2.24) is 9.97 Å². The van der Waals surface area contributed by atoms with Crippen LogP contribution < -0.4 is 16.6 Å². The number of nitrogens with one attached hydrogen (secondary N) is 2. The summed E-state index contributed by atoms with van der Waals surface area (Å²) in [7, 11) is 0. The summed E-state index contributed by atoms with van der Waals surface area (Å²) in [5.74, 6) is -0.542. The summed E-state index contributed by atoms with van der Waals surface area (Å²) in [6, 6.07) is -0.563. The van der Waals surface area contributed by atoms with Gasteiger partial charge in [-0.1, -0.05) is 5.16 Å². The number of rotatable bonds is 4. The van der Waals surface area contributed by atoms with Crippen LogP contribution in [0.2, 0.25) is 0 Å². The van der Waals surface area contributed by atoms with E-state index in [1.807, 2.05) is 4.98 Å². The predicted octanol–water partition coefficient (Wildman–Crippen LogP) is -0.479. The first kappa shape index (κ1) is 12.4. The molecule has 10 heteroatoms. The Labute approximate surface area is 94.3 Å². The van der Waals surface area contributed by atoms with E-state index in [1.165, 1.54) is 0 Å². The van der Waals surface area contributed by atoms with Crippen LogP contribution in [0.5, 0.6) is 0 Å². The summed E-state index contributed by atoms with van der Waals surface area (Å²) in [5.41, 5.74) is 3.55. The third-order valence-corrected chi connectivity index (χ3v) is 1.75. The largest absolute Gasteiger partial charge is 0.411 e. The highest BCUT2D eigenvalue weighted by Crippen LogP contribution is 2.17. The number of nitrogens with zero attached hydrogens (tertiary/aromatic N) is 3. The van der Waals surface area contributed by atoms with Crippen molar-refractivity contribution in [2.45, 2.75) is 13.0 Å². The third-order valence-electron chi connectivity index (χ3n) is 1.75. The van der Waals surface area contributed by atoms with Crippen LogP contribution >= 0.6 is 0 Å². The number of H-pyrrole nitrogens is 1. The van der Waals surface area contributed by atoms with E-state index in [0.717, 1.165) is 6.21 Å². The number of anilines is 2. The Hall–Kier alpha value is -2.65. The summed E-state index contributed by atoms with van der Waals surface area (Å²) in [6.07, 6.45) is 1.07. The van der Waals surface area contributed by atoms with E-state index in [0.29, 0.717) is 0 Å². The van der Waals surface area contributed by atoms with Gasteiger partial charge in [0.25, 0.3) is 0 Å². The van der Waals surface area contributed by atoms with Gasteiger partial charge in [0.2, 0.25) is 11.8 Å². The van der Waals surface area contributed by atoms with E-state index in [9.17, 15) is 14.9 Å². The molecule has 0 aliphatic rings. The van der Waals surface area contributed by atoms with Gasteiger partial charge in [0.05, 0.1) is 17.2 Å². The second-order valence-corrected chi connectivity index (χ2v) is 3.10. The lowest BCUT2D eigenvalue weighted by Gasteiger charge is -2.08. The summed E-state index contributed by atoms with van der Waals surface area (Å²) < 4.78 is 0. The molecule has 92 valence electrons. The number of aromatic amines is 1. The fourth-order valence-corrected chi connectivity index (χ4v) is 1.11. The highest BCUT2D eigenvalue weighted by Gasteiger charge is 2.22. The first-order valence-corrected chi connectivity index (χ1v) is 4.44. The molecule has 0 amide bonds. The zero-order valence-corrected chi connectivity index (χ0v) is 8.75. The Morgan fingerprint density at radius 3 is 2.94 bits per heavy atom. The molecule has 0 saturated heterocycles. The van der Waals surface area contributed by atoms with Gasteiger partial charge in [-0.15, -0.1) is 0 Å². The van der Waals surface area contributed by atoms with Crippen LogP contribution in [0.4, 0.5) is 17.5 Å². The maximum atomic E-state index is 11.3. The number of aromatic nitrogens is 2. The van der Waals surface area contributed by atoms with Crippen molar-refractivity contribution in [1.29, 1.82) is 0 Å². The van der Waals surface area contributed by atoms with Crippen LogP contribution in [-0.4, -0.2) is 32.4 Å². The van der Waals surface area contributed by atoms with Gasteiger partial charge in [0, 0.05) is 0 Å². The van der Waals surface area contributed by atoms with Gasteiger partial charge in [-0.2, -0.15) is 4.98 Å². The van der Waals surface area contributed by atoms with Crippen molar-refractivity contribution in [3.8, 4) is 0 Å². The van der Waals surface area contributed by atoms with Gasteiger partial charge in [-0.3, -0.25) is 19.9 Å². The van der Waals surface area contributed by atoms with Gasteiger partial charge >= 0.3 is 11.2 Å². The fourth-order valence-electron chi connectivity index (χ4n) is 1.11. The Balaban J connectivity index is 3.21. The van der Waals surface area contributed by atoms with Crippen molar-refractivity contribution in [2.75, 3.05) is 11.1 Å². The SMILES string of the molecule is C[C@@H](/C=N\O)Nc1nc(N)[nH]c(=O)c1[N+](=O)[O-]. The van der Waals surface area contributed by atoms with Gasteiger partial charge in [0.15, 0.2) is 0 Å². The highest BCUT2D eigenvalue weighted by molar-refractivity contribution is 5.70. The quantitative estimate of drug-likeness (QED) is 0.240. The lowest BCUT2D eigenvalue weighted by atomic mass is 10.3. The van der Waals surface area contributed by atoms with Crippen LogP contribution in [0.3, 0.4) is 0 Å². The lowest BCUT2D eigenvalue weighted by molar-refractivity contribution is -0.385. The third kappa shape index (κ3) is 2.90. The first-order chi connectivity index (χ1) is 7.95. The molecule has 0 aliphatic carbocycles. The fraction of sp³-hybridized carbons (Fsp3) is 0.286. The second-order valence-electron chi connectivity index (χ2n) is 3.10. The molecular formula is C7H10N6O4. The van der Waals surface area contributed by atoms with Gasteiger partial charge in [-0.25, -0.2) is 0 Å². The van der Waals surface area contributed by atoms with E-state index < -0.39 is 22.2 Å². The average Bonchev–Trinajstić information content (AvgIpc) is 2.15. The van der Waals surface area contributed by atoms with E-state index in [2.05, 4.69) is 15.5 Å². The van der Waals surface area contributed by atoms with Crippen LogP contribution in [0.15, 0.2) is 9.95 Å². The Morgan fingerprint density at radius 2 is 2.41 bits per heavy atom. The Kier molecular flexibility index (Phi) is 3.59. The average molecular weight is 242 g/mol. The van der Waals surface area contributed by atoms with Gasteiger partial charge < -0.3 is 16.3 Å². The van der Waals surface area contributed by atoms with Crippen molar-refractivity contribution < 1.29 is 10.1 Å². The highest BCUT2D eigenvalue weighted by atomic mass is 16.6. The van der Waals surface area contributed by atoms with E-state index in [4.69, 9.17) is 10.9 Å². The lowest BCUT2D eigenvalue weighted by Crippen LogP contribution is -2.23. The molecular weight excluding hydrogens is 232 g/mol. The number of nitro groups is 1. The summed E-state index contributed by atoms with van der Waals surface area (Å²) in [6.45, 7) is 1.54. The standard InChI is InChI=1S/C7H10N6O4/c1-3(2-9-15)10-5-4(13(16)17)6(14)12-7(8)11-5/h2-3,15H,1H3,(H4,8,10,11,12,14)/b9-2-/t3-/m0/s1. The van der Waals surface area contributed by atoms with E-state index >= 15 is 0 Å². The van der Waals surface area contributed by atoms with Crippen molar-refractivity contribution >= 4 is 23.7 Å². The van der Waals surface area contributed by atoms with Crippen molar-refractivity contribution in [3.63, 3.8) is 0 Å². The molecule has 1 atom stereocenters. The number of nitrogens with two attached hydrogens (primary N) is 1. The molecule has 5 N–H and O–H groups in total. The second kappa shape index (κ2) is 4.92. The molecule has 0 spiro atoms. The summed E-state index contributed by atoms with van der Waals surface area (Å²) >= 11 is 0. The molecule has 0 unspecified atom stereocenters. The molecule has 0 aromatic carbocycles. The van der Waals surface area contributed by atoms with Crippen molar-refractivity contribution in [3.05, 3.63) is 20.5 Å². The summed E-state index contributed by atoms with van der Waals surface area (Å²) in [5, 5.41) is 24.2. The zero-order valence-electron chi connectivity index (χ0n) is 8.75. The monoisotopic (exact) mass is 242 g/mol. The molecule has 0 saturated carbocycles. The zero-order chi connectivity index (χ0) is 13.0. The van der Waals surface area contributed by atoms with Crippen molar-refractivity contribution in [2.24, 2.45) is 5.16 Å². The number of nitrogen functional groups attached to an aromatic ring is 1. The molecule has 10 nitrogen and oxygen atoms in total. The molecule has 1 rings (SSSR count). The molecule has 1 aromatic heterocycles. The minimum absolute atomic E-state index is 0.253. The minimum Gasteiger partial charge on any atom is -0.411 e. The maximum absolute atomic E-state index is 11.3. The summed E-state index contributed by atoms with van der Waals surface area (Å²) in [4.78, 5) is 26.7. The Bertz CT molecular complexity index is 510. The number of hydrogen-bond acceptors (Lipinski definition) is 8. The molecule has 0 fully saturated rings. The number of oxime groups is 1. The van der Waals surface area contributed by atoms with Crippen LogP contribution in [0.1, 0.15) is 6.92 Å². The molecule has 17 heavy (non-hydrogen) atoms. The topological polar surface area (TPSA) is 160 Å². The smallest absolute Gasteiger partial charge is 0.375 e. The van der Waals surface area contributed by atoms with Crippen LogP contribution in [0.25, 0.3) is 0 Å². The molecule has 1 aromatic rings.